The largest absolute Gasteiger partial charge is 0.294 e. The van der Waals surface area contributed by atoms with Crippen LogP contribution in [0.1, 0.15) is 23.2 Å². The molecule has 4 rings (SSSR count). The molecule has 0 bridgehead atoms. The van der Waals surface area contributed by atoms with E-state index in [4.69, 9.17) is 0 Å². The van der Waals surface area contributed by atoms with E-state index in [0.29, 0.717) is 5.78 Å². The van der Waals surface area contributed by atoms with Gasteiger partial charge in [-0.25, -0.2) is 0 Å². The second-order valence-electron chi connectivity index (χ2n) is 5.12. The number of carbonyl (C=O) groups excluding carboxylic acids is 1. The first-order valence-electron chi connectivity index (χ1n) is 5.84. The van der Waals surface area contributed by atoms with Crippen LogP contribution in [0.3, 0.4) is 0 Å². The third kappa shape index (κ3) is 0.934. The minimum absolute atomic E-state index is 0.0874. The number of hydrogen-bond acceptors (Lipinski definition) is 1. The maximum Gasteiger partial charge on any atom is 0.169 e. The van der Waals surface area contributed by atoms with Crippen molar-refractivity contribution in [1.82, 2.24) is 0 Å². The normalized spacial score (nSPS) is 29.9. The maximum absolute atomic E-state index is 12.4. The van der Waals surface area contributed by atoms with E-state index in [1.165, 1.54) is 5.39 Å². The zero-order valence-electron chi connectivity index (χ0n) is 8.94. The Morgan fingerprint density at radius 2 is 1.75 bits per heavy atom. The molecular weight excluding hydrogens is 196 g/mol. The summed E-state index contributed by atoms with van der Waals surface area (Å²) in [5, 5.41) is 2.28. The van der Waals surface area contributed by atoms with Gasteiger partial charge in [-0.1, -0.05) is 42.5 Å². The summed E-state index contributed by atoms with van der Waals surface area (Å²) >= 11 is 0. The van der Waals surface area contributed by atoms with E-state index in [0.717, 1.165) is 29.7 Å². The van der Waals surface area contributed by atoms with E-state index in [2.05, 4.69) is 18.2 Å². The van der Waals surface area contributed by atoms with Crippen molar-refractivity contribution >= 4 is 16.6 Å². The minimum atomic E-state index is 0.0874. The summed E-state index contributed by atoms with van der Waals surface area (Å²) in [6, 6.07) is 14.2. The molecule has 0 spiro atoms. The van der Waals surface area contributed by atoms with Crippen molar-refractivity contribution < 1.29 is 4.79 Å². The quantitative estimate of drug-likeness (QED) is 0.691. The van der Waals surface area contributed by atoms with E-state index in [9.17, 15) is 4.79 Å². The van der Waals surface area contributed by atoms with Gasteiger partial charge in [-0.05, 0) is 29.5 Å². The highest BCUT2D eigenvalue weighted by atomic mass is 16.1. The molecule has 0 unspecified atom stereocenters. The Morgan fingerprint density at radius 1 is 1.06 bits per heavy atom. The predicted molar refractivity (Wildman–Crippen MR) is 63.4 cm³/mol. The number of fused-ring (bicyclic) bond motifs is 2. The van der Waals surface area contributed by atoms with E-state index in [1.807, 2.05) is 24.3 Å². The van der Waals surface area contributed by atoms with E-state index < -0.39 is 0 Å². The van der Waals surface area contributed by atoms with Crippen LogP contribution in [0.5, 0.6) is 0 Å². The molecule has 0 atom stereocenters. The van der Waals surface area contributed by atoms with Crippen molar-refractivity contribution in [1.29, 1.82) is 0 Å². The van der Waals surface area contributed by atoms with Crippen LogP contribution in [0.4, 0.5) is 0 Å². The van der Waals surface area contributed by atoms with Crippen LogP contribution in [-0.4, -0.2) is 5.78 Å². The van der Waals surface area contributed by atoms with Crippen LogP contribution in [0, 0.1) is 11.3 Å². The van der Waals surface area contributed by atoms with Crippen LogP contribution >= 0.6 is 0 Å². The number of ketones is 1. The lowest BCUT2D eigenvalue weighted by Gasteiger charge is -2.07. The molecule has 0 N–H and O–H groups in total. The molecule has 0 radical (unpaired) electrons. The highest BCUT2D eigenvalue weighted by molar-refractivity contribution is 6.13. The summed E-state index contributed by atoms with van der Waals surface area (Å²) in [6.45, 7) is 0. The second-order valence-corrected chi connectivity index (χ2v) is 5.12. The molecule has 0 heterocycles. The Bertz CT molecular complexity index is 600. The molecule has 2 aromatic carbocycles. The van der Waals surface area contributed by atoms with Gasteiger partial charge in [0, 0.05) is 11.0 Å². The number of rotatable bonds is 2. The Kier molecular flexibility index (Phi) is 1.35. The third-order valence-electron chi connectivity index (χ3n) is 4.17. The van der Waals surface area contributed by atoms with Gasteiger partial charge in [-0.2, -0.15) is 0 Å². The van der Waals surface area contributed by atoms with Gasteiger partial charge in [0.05, 0.1) is 0 Å². The van der Waals surface area contributed by atoms with Gasteiger partial charge in [0.25, 0.3) is 0 Å². The molecule has 2 aliphatic carbocycles. The summed E-state index contributed by atoms with van der Waals surface area (Å²) in [6.07, 6.45) is 2.27. The first-order chi connectivity index (χ1) is 7.81. The number of benzene rings is 2. The third-order valence-corrected chi connectivity index (χ3v) is 4.17. The lowest BCUT2D eigenvalue weighted by Crippen LogP contribution is -2.07. The molecule has 16 heavy (non-hydrogen) atoms. The average Bonchev–Trinajstić information content (AvgIpc) is 3.16. The molecule has 0 saturated heterocycles. The van der Waals surface area contributed by atoms with Crippen LogP contribution in [0.15, 0.2) is 42.5 Å². The van der Waals surface area contributed by atoms with Crippen molar-refractivity contribution in [3.8, 4) is 0 Å². The van der Waals surface area contributed by atoms with Crippen molar-refractivity contribution in [2.24, 2.45) is 11.3 Å². The van der Waals surface area contributed by atoms with Crippen LogP contribution in [0.2, 0.25) is 0 Å². The fourth-order valence-electron chi connectivity index (χ4n) is 2.76. The Morgan fingerprint density at radius 3 is 2.50 bits per heavy atom. The molecule has 2 aliphatic rings. The lowest BCUT2D eigenvalue weighted by molar-refractivity contribution is 0.0938. The summed E-state index contributed by atoms with van der Waals surface area (Å²) in [7, 11) is 0. The molecule has 0 amide bonds. The lowest BCUT2D eigenvalue weighted by atomic mass is 9.96. The SMILES string of the molecule is O=C(c1cccc2ccccc12)C12CC1C2. The number of carbonyl (C=O) groups is 1. The first-order valence-corrected chi connectivity index (χ1v) is 5.84. The monoisotopic (exact) mass is 208 g/mol. The molecule has 78 valence electrons. The summed E-state index contributed by atoms with van der Waals surface area (Å²) in [5.74, 6) is 1.10. The van der Waals surface area contributed by atoms with E-state index >= 15 is 0 Å². The van der Waals surface area contributed by atoms with Crippen molar-refractivity contribution in [2.75, 3.05) is 0 Å². The summed E-state index contributed by atoms with van der Waals surface area (Å²) in [5.41, 5.74) is 1.02. The predicted octanol–water partition coefficient (Wildman–Crippen LogP) is 3.43. The zero-order valence-corrected chi connectivity index (χ0v) is 8.94. The fourth-order valence-corrected chi connectivity index (χ4v) is 2.76. The van der Waals surface area contributed by atoms with Crippen LogP contribution in [0.25, 0.3) is 10.8 Å². The van der Waals surface area contributed by atoms with Gasteiger partial charge < -0.3 is 0 Å². The van der Waals surface area contributed by atoms with Crippen LogP contribution < -0.4 is 0 Å². The second kappa shape index (κ2) is 2.54. The van der Waals surface area contributed by atoms with Crippen LogP contribution in [-0.2, 0) is 0 Å². The molecule has 1 heteroatoms. The highest BCUT2D eigenvalue weighted by Gasteiger charge is 2.74. The van der Waals surface area contributed by atoms with Gasteiger partial charge in [0.2, 0.25) is 0 Å². The summed E-state index contributed by atoms with van der Waals surface area (Å²) < 4.78 is 0. The molecule has 2 aromatic rings. The van der Waals surface area contributed by atoms with Crippen molar-refractivity contribution in [3.63, 3.8) is 0 Å². The highest BCUT2D eigenvalue weighted by Crippen LogP contribution is 2.76. The van der Waals surface area contributed by atoms with Crippen molar-refractivity contribution in [3.05, 3.63) is 48.0 Å². The number of Topliss-reactive ketones (excluding diaryl/α,β-unsaturated/α-hetero) is 1. The average molecular weight is 208 g/mol. The Hall–Kier alpha value is -1.63. The first kappa shape index (κ1) is 8.51. The van der Waals surface area contributed by atoms with Gasteiger partial charge in [0.15, 0.2) is 5.78 Å². The molecule has 2 fully saturated rings. The van der Waals surface area contributed by atoms with Crippen molar-refractivity contribution in [2.45, 2.75) is 12.8 Å². The van der Waals surface area contributed by atoms with E-state index in [-0.39, 0.29) is 5.41 Å². The standard InChI is InChI=1S/C15H12O/c16-14(15-8-11(15)9-15)13-7-3-5-10-4-1-2-6-12(10)13/h1-7,11H,8-9H2. The minimum Gasteiger partial charge on any atom is -0.294 e. The summed E-state index contributed by atoms with van der Waals surface area (Å²) in [4.78, 5) is 12.4. The molecular formula is C15H12O. The molecule has 0 aromatic heterocycles. The Labute approximate surface area is 94.1 Å². The van der Waals surface area contributed by atoms with Gasteiger partial charge in [-0.3, -0.25) is 4.79 Å². The maximum atomic E-state index is 12.4. The molecule has 2 saturated carbocycles. The topological polar surface area (TPSA) is 17.1 Å². The van der Waals surface area contributed by atoms with E-state index in [1.54, 1.807) is 0 Å². The Balaban J connectivity index is 1.93. The van der Waals surface area contributed by atoms with Gasteiger partial charge >= 0.3 is 0 Å². The smallest absolute Gasteiger partial charge is 0.169 e. The zero-order chi connectivity index (χ0) is 10.8. The fraction of sp³-hybridized carbons (Fsp3) is 0.267. The molecule has 0 aliphatic heterocycles. The van der Waals surface area contributed by atoms with Gasteiger partial charge in [0.1, 0.15) is 0 Å². The molecule has 1 nitrogen and oxygen atoms in total. The van der Waals surface area contributed by atoms with Gasteiger partial charge in [-0.15, -0.1) is 0 Å². The number of hydrogen-bond donors (Lipinski definition) is 0.